The van der Waals surface area contributed by atoms with Crippen molar-refractivity contribution in [2.24, 2.45) is 0 Å². The molecule has 2 heterocycles. The van der Waals surface area contributed by atoms with Gasteiger partial charge in [-0.15, -0.1) is 9.42 Å². The summed E-state index contributed by atoms with van der Waals surface area (Å²) >= 11 is 0. The highest BCUT2D eigenvalue weighted by atomic mass is 31.2. The maximum absolute atomic E-state index is 13.2. The van der Waals surface area contributed by atoms with Crippen LogP contribution < -0.4 is 11.2 Å². The fourth-order valence-electron chi connectivity index (χ4n) is 1.93. The topological polar surface area (TPSA) is 157 Å². The summed E-state index contributed by atoms with van der Waals surface area (Å²) in [4.78, 5) is 32.7. The van der Waals surface area contributed by atoms with Gasteiger partial charge in [0.25, 0.3) is 5.56 Å². The number of aliphatic hydroxyl groups excluding tert-OH is 1. The Hall–Kier alpha value is -1.39. The molecule has 0 aliphatic carbocycles. The number of hydrogen-bond acceptors (Lipinski definition) is 8. The van der Waals surface area contributed by atoms with Gasteiger partial charge in [0.05, 0.1) is 12.3 Å². The van der Waals surface area contributed by atoms with Crippen LogP contribution in [0, 0.1) is 5.82 Å². The molecule has 1 fully saturated rings. The molecule has 1 aromatic rings. The number of ether oxygens (including phenoxy) is 1. The zero-order chi connectivity index (χ0) is 17.1. The van der Waals surface area contributed by atoms with Gasteiger partial charge in [-0.05, 0) is 0 Å². The number of H-pyrrole nitrogens is 1. The van der Waals surface area contributed by atoms with Gasteiger partial charge in [0, 0.05) is 15.6 Å². The van der Waals surface area contributed by atoms with E-state index >= 15 is 0 Å². The van der Waals surface area contributed by atoms with Crippen LogP contribution in [-0.2, 0) is 22.7 Å². The lowest BCUT2D eigenvalue weighted by atomic mass is 10.2. The highest BCUT2D eigenvalue weighted by molar-refractivity contribution is 7.47. The molecular weight excluding hydrogens is 361 g/mol. The van der Waals surface area contributed by atoms with Crippen molar-refractivity contribution in [3.05, 3.63) is 32.9 Å². The van der Waals surface area contributed by atoms with E-state index in [1.54, 1.807) is 4.98 Å². The molecule has 0 radical (unpaired) electrons. The normalized spacial score (nSPS) is 25.4. The molecule has 23 heavy (non-hydrogen) atoms. The molecule has 3 N–H and O–H groups in total. The van der Waals surface area contributed by atoms with E-state index in [4.69, 9.17) is 9.63 Å². The Bertz CT molecular complexity index is 734. The van der Waals surface area contributed by atoms with Crippen molar-refractivity contribution in [1.29, 1.82) is 0 Å². The smallest absolute Gasteiger partial charge is 0.390 e. The van der Waals surface area contributed by atoms with Crippen LogP contribution in [0.2, 0.25) is 0 Å². The SMILES string of the molecule is O=c1[nH]c(=O)n([C@H]2C[C@H](O)[C@@H](CO[P+](=O)O[P+](=O)O)O2)cc1F. The average molecular weight is 372 g/mol. The number of rotatable bonds is 6. The number of aromatic nitrogens is 2. The minimum atomic E-state index is -3.11. The summed E-state index contributed by atoms with van der Waals surface area (Å²) in [5.74, 6) is -1.20. The third-order valence-electron chi connectivity index (χ3n) is 2.92. The van der Waals surface area contributed by atoms with Crippen LogP contribution in [0.1, 0.15) is 12.6 Å². The van der Waals surface area contributed by atoms with Gasteiger partial charge in [-0.1, -0.05) is 0 Å². The first-order valence-electron chi connectivity index (χ1n) is 6.07. The molecule has 0 spiro atoms. The van der Waals surface area contributed by atoms with E-state index in [1.165, 1.54) is 0 Å². The van der Waals surface area contributed by atoms with Crippen molar-refractivity contribution in [2.45, 2.75) is 24.9 Å². The first-order chi connectivity index (χ1) is 10.8. The lowest BCUT2D eigenvalue weighted by molar-refractivity contribution is -0.0413. The molecule has 0 saturated carbocycles. The van der Waals surface area contributed by atoms with Crippen molar-refractivity contribution in [3.8, 4) is 0 Å². The Balaban J connectivity index is 2.03. The summed E-state index contributed by atoms with van der Waals surface area (Å²) in [5.41, 5.74) is -2.11. The quantitative estimate of drug-likeness (QED) is 0.568. The number of nitrogens with one attached hydrogen (secondary N) is 1. The Labute approximate surface area is 128 Å². The van der Waals surface area contributed by atoms with Crippen LogP contribution in [0.3, 0.4) is 0 Å². The molecule has 126 valence electrons. The Morgan fingerprint density at radius 1 is 1.48 bits per heavy atom. The maximum atomic E-state index is 13.2. The molecule has 0 aromatic carbocycles. The van der Waals surface area contributed by atoms with Gasteiger partial charge in [-0.2, -0.15) is 4.39 Å². The second-order valence-corrected chi connectivity index (χ2v) is 6.25. The number of hydrogen-bond donors (Lipinski definition) is 3. The van der Waals surface area contributed by atoms with E-state index in [1.807, 2.05) is 0 Å². The largest absolute Gasteiger partial charge is 0.747 e. The molecule has 1 saturated heterocycles. The Kier molecular flexibility index (Phi) is 5.82. The molecule has 2 unspecified atom stereocenters. The van der Waals surface area contributed by atoms with Gasteiger partial charge in [-0.3, -0.25) is 14.3 Å². The van der Waals surface area contributed by atoms with Crippen LogP contribution in [0.25, 0.3) is 0 Å². The van der Waals surface area contributed by atoms with Crippen LogP contribution in [-0.4, -0.2) is 38.4 Å². The van der Waals surface area contributed by atoms with Crippen molar-refractivity contribution < 1.29 is 37.1 Å². The molecule has 2 rings (SSSR count). The van der Waals surface area contributed by atoms with Crippen molar-refractivity contribution in [3.63, 3.8) is 0 Å². The van der Waals surface area contributed by atoms with Gasteiger partial charge in [-0.25, -0.2) is 4.79 Å². The minimum absolute atomic E-state index is 0.120. The lowest BCUT2D eigenvalue weighted by Crippen LogP contribution is -2.34. The van der Waals surface area contributed by atoms with Crippen LogP contribution in [0.5, 0.6) is 0 Å². The first kappa shape index (κ1) is 18.0. The molecule has 5 atom stereocenters. The van der Waals surface area contributed by atoms with Crippen molar-refractivity contribution in [2.75, 3.05) is 6.61 Å². The molecule has 14 heteroatoms. The van der Waals surface area contributed by atoms with E-state index in [2.05, 4.69) is 8.83 Å². The number of aromatic amines is 1. The average Bonchev–Trinajstić information content (AvgIpc) is 2.81. The van der Waals surface area contributed by atoms with Gasteiger partial charge in [0.2, 0.25) is 5.82 Å². The summed E-state index contributed by atoms with van der Waals surface area (Å²) in [6.45, 7) is -0.462. The van der Waals surface area contributed by atoms with E-state index in [9.17, 15) is 28.2 Å². The summed E-state index contributed by atoms with van der Waals surface area (Å²) in [6, 6.07) is 0. The summed E-state index contributed by atoms with van der Waals surface area (Å²) in [7, 11) is -6.00. The van der Waals surface area contributed by atoms with Gasteiger partial charge in [0.1, 0.15) is 18.9 Å². The van der Waals surface area contributed by atoms with Crippen LogP contribution >= 0.6 is 16.5 Å². The molecule has 11 nitrogen and oxygen atoms in total. The lowest BCUT2D eigenvalue weighted by Gasteiger charge is -2.13. The summed E-state index contributed by atoms with van der Waals surface area (Å²) in [6.07, 6.45) is -2.74. The molecular formula is C9H11FN2O9P2+2. The molecule has 0 amide bonds. The predicted octanol–water partition coefficient (Wildman–Crippen LogP) is -0.336. The fraction of sp³-hybridized carbons (Fsp3) is 0.556. The fourth-order valence-corrected chi connectivity index (χ4v) is 2.84. The zero-order valence-corrected chi connectivity index (χ0v) is 13.0. The van der Waals surface area contributed by atoms with Crippen LogP contribution in [0.4, 0.5) is 4.39 Å². The van der Waals surface area contributed by atoms with Crippen molar-refractivity contribution in [1.82, 2.24) is 9.55 Å². The monoisotopic (exact) mass is 372 g/mol. The predicted molar refractivity (Wildman–Crippen MR) is 70.3 cm³/mol. The summed E-state index contributed by atoms with van der Waals surface area (Å²) in [5, 5.41) is 9.80. The number of aliphatic hydroxyl groups is 1. The Morgan fingerprint density at radius 3 is 2.83 bits per heavy atom. The molecule has 0 bridgehead atoms. The molecule has 1 aromatic heterocycles. The van der Waals surface area contributed by atoms with E-state index in [0.29, 0.717) is 6.20 Å². The van der Waals surface area contributed by atoms with E-state index in [0.717, 1.165) is 4.57 Å². The number of nitrogens with zero attached hydrogens (tertiary/aromatic N) is 1. The molecule has 1 aliphatic heterocycles. The second-order valence-electron chi connectivity index (χ2n) is 4.41. The third-order valence-corrected chi connectivity index (χ3v) is 4.37. The van der Waals surface area contributed by atoms with Gasteiger partial charge < -0.3 is 9.84 Å². The van der Waals surface area contributed by atoms with Crippen molar-refractivity contribution >= 4 is 16.5 Å². The van der Waals surface area contributed by atoms with E-state index in [-0.39, 0.29) is 6.42 Å². The minimum Gasteiger partial charge on any atom is -0.390 e. The van der Waals surface area contributed by atoms with Gasteiger partial charge in [0.15, 0.2) is 4.31 Å². The maximum Gasteiger partial charge on any atom is 0.747 e. The first-order valence-corrected chi connectivity index (χ1v) is 8.29. The molecule has 1 aliphatic rings. The standard InChI is InChI=1S/C9H9FN2O9P2/c10-4-2-12(9(15)11-8(4)14)7-1-5(13)6(20-7)3-19-23(18)21-22(16)17/h2,5-7,13H,1,3H2/p+2/t5-,6+,7+/m0/s1. The summed E-state index contributed by atoms with van der Waals surface area (Å²) < 4.78 is 49.2. The van der Waals surface area contributed by atoms with E-state index < -0.39 is 58.6 Å². The Morgan fingerprint density at radius 2 is 2.17 bits per heavy atom. The third kappa shape index (κ3) is 4.55. The second kappa shape index (κ2) is 7.45. The zero-order valence-electron chi connectivity index (χ0n) is 11.2. The van der Waals surface area contributed by atoms with Crippen LogP contribution in [0.15, 0.2) is 15.8 Å². The van der Waals surface area contributed by atoms with Gasteiger partial charge >= 0.3 is 22.2 Å². The number of halogens is 1. The highest BCUT2D eigenvalue weighted by Crippen LogP contribution is 2.37. The highest BCUT2D eigenvalue weighted by Gasteiger charge is 2.41.